The van der Waals surface area contributed by atoms with E-state index in [0.717, 1.165) is 0 Å². The van der Waals surface area contributed by atoms with Crippen LogP contribution in [0, 0.1) is 11.3 Å². The van der Waals surface area contributed by atoms with E-state index in [9.17, 15) is 4.79 Å². The molecule has 0 aliphatic carbocycles. The number of carbonyl (C=O) groups is 1. The van der Waals surface area contributed by atoms with Crippen molar-refractivity contribution in [3.05, 3.63) is 41.7 Å². The topological polar surface area (TPSA) is 93.9 Å². The predicted octanol–water partition coefficient (Wildman–Crippen LogP) is 1.50. The fraction of sp³-hybridized carbons (Fsp3) is 0.154. The highest BCUT2D eigenvalue weighted by Crippen LogP contribution is 2.16. The fourth-order valence-electron chi connectivity index (χ4n) is 1.57. The summed E-state index contributed by atoms with van der Waals surface area (Å²) in [7, 11) is 0. The highest BCUT2D eigenvalue weighted by Gasteiger charge is 2.11. The van der Waals surface area contributed by atoms with E-state index in [4.69, 9.17) is 15.7 Å². The lowest BCUT2D eigenvalue weighted by Gasteiger charge is -2.03. The molecule has 1 aromatic carbocycles. The second-order valence-corrected chi connectivity index (χ2v) is 3.75. The molecule has 96 valence electrons. The van der Waals surface area contributed by atoms with Crippen LogP contribution in [0.15, 0.2) is 30.5 Å². The summed E-state index contributed by atoms with van der Waals surface area (Å²) >= 11 is 0. The molecular formula is C13H12N4O2. The number of nitriles is 1. The number of ether oxygens (including phenoxy) is 1. The highest BCUT2D eigenvalue weighted by atomic mass is 16.5. The fourth-order valence-corrected chi connectivity index (χ4v) is 1.57. The first-order valence-electron chi connectivity index (χ1n) is 5.68. The minimum Gasteiger partial charge on any atom is -0.461 e. The molecule has 0 bridgehead atoms. The van der Waals surface area contributed by atoms with Gasteiger partial charge in [-0.1, -0.05) is 0 Å². The summed E-state index contributed by atoms with van der Waals surface area (Å²) in [5.41, 5.74) is 7.29. The molecule has 6 heteroatoms. The van der Waals surface area contributed by atoms with Gasteiger partial charge in [0.2, 0.25) is 0 Å². The van der Waals surface area contributed by atoms with Gasteiger partial charge in [0.25, 0.3) is 0 Å². The Morgan fingerprint density at radius 3 is 3.00 bits per heavy atom. The number of aromatic nitrogens is 2. The number of rotatable bonds is 3. The zero-order chi connectivity index (χ0) is 13.8. The van der Waals surface area contributed by atoms with Crippen molar-refractivity contribution in [3.8, 4) is 11.8 Å². The Kier molecular flexibility index (Phi) is 3.48. The number of nitrogens with two attached hydrogens (primary N) is 1. The average Bonchev–Trinajstić information content (AvgIpc) is 2.89. The second kappa shape index (κ2) is 5.23. The van der Waals surface area contributed by atoms with Gasteiger partial charge in [0.1, 0.15) is 6.07 Å². The second-order valence-electron chi connectivity index (χ2n) is 3.75. The lowest BCUT2D eigenvalue weighted by Crippen LogP contribution is -2.06. The highest BCUT2D eigenvalue weighted by molar-refractivity contribution is 5.87. The zero-order valence-electron chi connectivity index (χ0n) is 10.3. The third-order valence-electron chi connectivity index (χ3n) is 2.50. The molecule has 0 aliphatic heterocycles. The number of hydrogen-bond acceptors (Lipinski definition) is 5. The summed E-state index contributed by atoms with van der Waals surface area (Å²) in [6.07, 6.45) is 1.62. The Morgan fingerprint density at radius 2 is 2.32 bits per heavy atom. The standard InChI is InChI=1S/C13H12N4O2/c1-2-19-13(18)12-5-6-17(16-12)10-3-4-11(15)9(7-10)8-14/h3-7H,2,15H2,1H3. The van der Waals surface area contributed by atoms with Crippen LogP contribution in [0.4, 0.5) is 5.69 Å². The maximum atomic E-state index is 11.5. The molecule has 0 aliphatic rings. The number of nitrogen functional groups attached to an aromatic ring is 1. The SMILES string of the molecule is CCOC(=O)c1ccn(-c2ccc(N)c(C#N)c2)n1. The van der Waals surface area contributed by atoms with Crippen LogP contribution in [0.25, 0.3) is 5.69 Å². The molecule has 0 saturated heterocycles. The molecular weight excluding hydrogens is 244 g/mol. The van der Waals surface area contributed by atoms with Crippen LogP contribution in [0.2, 0.25) is 0 Å². The molecule has 0 atom stereocenters. The van der Waals surface area contributed by atoms with E-state index in [1.807, 2.05) is 6.07 Å². The normalized spacial score (nSPS) is 9.89. The van der Waals surface area contributed by atoms with Gasteiger partial charge in [-0.2, -0.15) is 10.4 Å². The molecule has 19 heavy (non-hydrogen) atoms. The first kappa shape index (κ1) is 12.6. The molecule has 6 nitrogen and oxygen atoms in total. The molecule has 0 amide bonds. The molecule has 2 N–H and O–H groups in total. The Labute approximate surface area is 110 Å². The summed E-state index contributed by atoms with van der Waals surface area (Å²) in [4.78, 5) is 11.5. The molecule has 0 fully saturated rings. The van der Waals surface area contributed by atoms with Crippen LogP contribution < -0.4 is 5.73 Å². The minimum atomic E-state index is -0.475. The van der Waals surface area contributed by atoms with Crippen LogP contribution in [0.3, 0.4) is 0 Å². The van der Waals surface area contributed by atoms with E-state index < -0.39 is 5.97 Å². The van der Waals surface area contributed by atoms with Gasteiger partial charge >= 0.3 is 5.97 Å². The maximum Gasteiger partial charge on any atom is 0.358 e. The van der Waals surface area contributed by atoms with Gasteiger partial charge in [-0.15, -0.1) is 0 Å². The number of anilines is 1. The zero-order valence-corrected chi connectivity index (χ0v) is 10.3. The monoisotopic (exact) mass is 256 g/mol. The summed E-state index contributed by atoms with van der Waals surface area (Å²) in [6.45, 7) is 2.03. The Bertz CT molecular complexity index is 655. The predicted molar refractivity (Wildman–Crippen MR) is 68.6 cm³/mol. The van der Waals surface area contributed by atoms with Gasteiger partial charge in [0, 0.05) is 11.9 Å². The first-order valence-corrected chi connectivity index (χ1v) is 5.68. The Balaban J connectivity index is 2.33. The average molecular weight is 256 g/mol. The first-order chi connectivity index (χ1) is 9.15. The molecule has 0 radical (unpaired) electrons. The van der Waals surface area contributed by atoms with Crippen molar-refractivity contribution in [2.24, 2.45) is 0 Å². The van der Waals surface area contributed by atoms with E-state index in [1.54, 1.807) is 37.4 Å². The molecule has 0 saturated carbocycles. The van der Waals surface area contributed by atoms with Crippen LogP contribution in [-0.4, -0.2) is 22.4 Å². The summed E-state index contributed by atoms with van der Waals surface area (Å²) < 4.78 is 6.35. The van der Waals surface area contributed by atoms with Gasteiger partial charge in [-0.25, -0.2) is 9.48 Å². The lowest BCUT2D eigenvalue weighted by molar-refractivity contribution is 0.0519. The van der Waals surface area contributed by atoms with Gasteiger partial charge in [-0.05, 0) is 31.2 Å². The number of hydrogen-bond donors (Lipinski definition) is 1. The smallest absolute Gasteiger partial charge is 0.358 e. The van der Waals surface area contributed by atoms with Crippen molar-refractivity contribution in [1.29, 1.82) is 5.26 Å². The quantitative estimate of drug-likeness (QED) is 0.663. The van der Waals surface area contributed by atoms with E-state index in [0.29, 0.717) is 23.5 Å². The molecule has 2 rings (SSSR count). The van der Waals surface area contributed by atoms with Crippen molar-refractivity contribution in [3.63, 3.8) is 0 Å². The Hall–Kier alpha value is -2.81. The maximum absolute atomic E-state index is 11.5. The van der Waals surface area contributed by atoms with Gasteiger partial charge in [-0.3, -0.25) is 0 Å². The number of carbonyl (C=O) groups excluding carboxylic acids is 1. The molecule has 1 aromatic heterocycles. The number of nitrogens with zero attached hydrogens (tertiary/aromatic N) is 3. The Morgan fingerprint density at radius 1 is 1.53 bits per heavy atom. The van der Waals surface area contributed by atoms with Gasteiger partial charge < -0.3 is 10.5 Å². The third kappa shape index (κ3) is 2.55. The van der Waals surface area contributed by atoms with Crippen LogP contribution in [0.1, 0.15) is 23.0 Å². The van der Waals surface area contributed by atoms with Crippen LogP contribution in [-0.2, 0) is 4.74 Å². The van der Waals surface area contributed by atoms with Crippen molar-refractivity contribution < 1.29 is 9.53 Å². The molecule has 1 heterocycles. The summed E-state index contributed by atoms with van der Waals surface area (Å²) in [5.74, 6) is -0.475. The van der Waals surface area contributed by atoms with Crippen molar-refractivity contribution in [1.82, 2.24) is 9.78 Å². The lowest BCUT2D eigenvalue weighted by atomic mass is 10.2. The van der Waals surface area contributed by atoms with Gasteiger partial charge in [0.15, 0.2) is 5.69 Å². The van der Waals surface area contributed by atoms with Crippen molar-refractivity contribution in [2.75, 3.05) is 12.3 Å². The van der Waals surface area contributed by atoms with Gasteiger partial charge in [0.05, 0.1) is 17.9 Å². The van der Waals surface area contributed by atoms with Crippen molar-refractivity contribution >= 4 is 11.7 Å². The molecule has 2 aromatic rings. The van der Waals surface area contributed by atoms with E-state index >= 15 is 0 Å². The third-order valence-corrected chi connectivity index (χ3v) is 2.50. The number of benzene rings is 1. The molecule has 0 unspecified atom stereocenters. The summed E-state index contributed by atoms with van der Waals surface area (Å²) in [6, 6.07) is 8.51. The molecule has 0 spiro atoms. The number of esters is 1. The van der Waals surface area contributed by atoms with E-state index in [1.165, 1.54) is 4.68 Å². The summed E-state index contributed by atoms with van der Waals surface area (Å²) in [5, 5.41) is 13.0. The largest absolute Gasteiger partial charge is 0.461 e. The minimum absolute atomic E-state index is 0.220. The van der Waals surface area contributed by atoms with Crippen molar-refractivity contribution in [2.45, 2.75) is 6.92 Å². The van der Waals surface area contributed by atoms with Crippen LogP contribution in [0.5, 0.6) is 0 Å². The van der Waals surface area contributed by atoms with Crippen LogP contribution >= 0.6 is 0 Å². The van der Waals surface area contributed by atoms with E-state index in [2.05, 4.69) is 5.10 Å². The van der Waals surface area contributed by atoms with E-state index in [-0.39, 0.29) is 5.69 Å².